The molecule has 2 aromatic carbocycles. The molecule has 1 saturated heterocycles. The molecule has 7 nitrogen and oxygen atoms in total. The molecular weight excluding hydrogens is 368 g/mol. The minimum Gasteiger partial charge on any atom is -0.480 e. The van der Waals surface area contributed by atoms with Gasteiger partial charge in [0, 0.05) is 17.8 Å². The highest BCUT2D eigenvalue weighted by atomic mass is 32.2. The normalized spacial score (nSPS) is 17.3. The zero-order chi connectivity index (χ0) is 19.4. The quantitative estimate of drug-likeness (QED) is 0.819. The maximum absolute atomic E-state index is 12.7. The third-order valence-electron chi connectivity index (χ3n) is 4.49. The van der Waals surface area contributed by atoms with Gasteiger partial charge >= 0.3 is 5.97 Å². The van der Waals surface area contributed by atoms with Crippen molar-refractivity contribution in [3.05, 3.63) is 60.2 Å². The van der Waals surface area contributed by atoms with Gasteiger partial charge in [-0.3, -0.25) is 9.52 Å². The van der Waals surface area contributed by atoms with Gasteiger partial charge in [0.1, 0.15) is 6.04 Å². The van der Waals surface area contributed by atoms with Crippen molar-refractivity contribution in [2.75, 3.05) is 11.3 Å². The van der Waals surface area contributed by atoms with Crippen LogP contribution in [0, 0.1) is 0 Å². The van der Waals surface area contributed by atoms with E-state index in [9.17, 15) is 23.1 Å². The van der Waals surface area contributed by atoms with E-state index >= 15 is 0 Å². The predicted molar refractivity (Wildman–Crippen MR) is 100 cm³/mol. The monoisotopic (exact) mass is 388 g/mol. The fraction of sp³-hybridized carbons (Fsp3) is 0.263. The number of hydrogen-bond acceptors (Lipinski definition) is 4. The van der Waals surface area contributed by atoms with Crippen molar-refractivity contribution in [2.45, 2.75) is 30.2 Å². The Bertz CT molecular complexity index is 926. The van der Waals surface area contributed by atoms with Crippen LogP contribution in [-0.2, 0) is 14.8 Å². The van der Waals surface area contributed by atoms with Crippen LogP contribution in [-0.4, -0.2) is 42.9 Å². The lowest BCUT2D eigenvalue weighted by atomic mass is 10.0. The summed E-state index contributed by atoms with van der Waals surface area (Å²) >= 11 is 0. The number of piperidine rings is 1. The van der Waals surface area contributed by atoms with Crippen molar-refractivity contribution in [3.63, 3.8) is 0 Å². The van der Waals surface area contributed by atoms with Crippen LogP contribution in [0.4, 0.5) is 5.69 Å². The van der Waals surface area contributed by atoms with E-state index in [0.717, 1.165) is 12.8 Å². The van der Waals surface area contributed by atoms with Crippen LogP contribution >= 0.6 is 0 Å². The average molecular weight is 388 g/mol. The molecule has 0 aromatic heterocycles. The number of hydrogen-bond donors (Lipinski definition) is 2. The Balaban J connectivity index is 1.75. The van der Waals surface area contributed by atoms with E-state index in [0.29, 0.717) is 24.2 Å². The second-order valence-corrected chi connectivity index (χ2v) is 8.03. The molecule has 1 amide bonds. The third-order valence-corrected chi connectivity index (χ3v) is 5.88. The van der Waals surface area contributed by atoms with Crippen molar-refractivity contribution in [2.24, 2.45) is 0 Å². The molecule has 0 radical (unpaired) electrons. The molecule has 0 aliphatic carbocycles. The van der Waals surface area contributed by atoms with Crippen LogP contribution in [0.2, 0.25) is 0 Å². The number of likely N-dealkylation sites (tertiary alicyclic amines) is 1. The summed E-state index contributed by atoms with van der Waals surface area (Å²) < 4.78 is 27.1. The number of amides is 1. The summed E-state index contributed by atoms with van der Waals surface area (Å²) in [6.07, 6.45) is 1.99. The van der Waals surface area contributed by atoms with E-state index in [1.807, 2.05) is 0 Å². The standard InChI is InChI=1S/C19H20N2O5S/c22-18(21-13-5-4-8-17(21)19(23)24)14-9-11-15(12-10-14)20-27(25,26)16-6-2-1-3-7-16/h1-3,6-7,9-12,17,20H,4-5,8,13H2,(H,23,24). The summed E-state index contributed by atoms with van der Waals surface area (Å²) in [4.78, 5) is 25.5. The van der Waals surface area contributed by atoms with Crippen molar-refractivity contribution in [1.82, 2.24) is 4.90 Å². The molecule has 8 heteroatoms. The fourth-order valence-corrected chi connectivity index (χ4v) is 4.17. The van der Waals surface area contributed by atoms with Crippen LogP contribution in [0.5, 0.6) is 0 Å². The number of anilines is 1. The summed E-state index contributed by atoms with van der Waals surface area (Å²) in [7, 11) is -3.71. The molecule has 1 unspecified atom stereocenters. The highest BCUT2D eigenvalue weighted by Gasteiger charge is 2.32. The van der Waals surface area contributed by atoms with Crippen molar-refractivity contribution in [3.8, 4) is 0 Å². The number of nitrogens with one attached hydrogen (secondary N) is 1. The minimum absolute atomic E-state index is 0.141. The van der Waals surface area contributed by atoms with Crippen molar-refractivity contribution < 1.29 is 23.1 Å². The van der Waals surface area contributed by atoms with Crippen LogP contribution < -0.4 is 4.72 Å². The van der Waals surface area contributed by atoms with Gasteiger partial charge in [-0.25, -0.2) is 13.2 Å². The Morgan fingerprint density at radius 1 is 1.00 bits per heavy atom. The number of carboxylic acid groups (broad SMARTS) is 1. The summed E-state index contributed by atoms with van der Waals surface area (Å²) in [5.74, 6) is -1.37. The zero-order valence-corrected chi connectivity index (χ0v) is 15.4. The van der Waals surface area contributed by atoms with Crippen molar-refractivity contribution in [1.29, 1.82) is 0 Å². The van der Waals surface area contributed by atoms with E-state index in [1.54, 1.807) is 18.2 Å². The highest BCUT2D eigenvalue weighted by molar-refractivity contribution is 7.92. The van der Waals surface area contributed by atoms with E-state index < -0.39 is 22.0 Å². The molecule has 3 rings (SSSR count). The smallest absolute Gasteiger partial charge is 0.326 e. The molecule has 142 valence electrons. The Morgan fingerprint density at radius 2 is 1.67 bits per heavy atom. The van der Waals surface area contributed by atoms with Gasteiger partial charge in [0.2, 0.25) is 0 Å². The SMILES string of the molecule is O=C(O)C1CCCCN1C(=O)c1ccc(NS(=O)(=O)c2ccccc2)cc1. The molecule has 1 aliphatic rings. The van der Waals surface area contributed by atoms with Gasteiger partial charge < -0.3 is 10.0 Å². The fourth-order valence-electron chi connectivity index (χ4n) is 3.09. The average Bonchev–Trinajstić information content (AvgIpc) is 2.68. The first kappa shape index (κ1) is 18.9. The molecule has 0 spiro atoms. The van der Waals surface area contributed by atoms with E-state index in [4.69, 9.17) is 0 Å². The number of carbonyl (C=O) groups is 2. The maximum Gasteiger partial charge on any atom is 0.326 e. The lowest BCUT2D eigenvalue weighted by molar-refractivity contribution is -0.143. The van der Waals surface area contributed by atoms with E-state index in [2.05, 4.69) is 4.72 Å². The number of carboxylic acids is 1. The number of carbonyl (C=O) groups excluding carboxylic acids is 1. The molecule has 2 N–H and O–H groups in total. The van der Waals surface area contributed by atoms with Crippen LogP contribution in [0.25, 0.3) is 0 Å². The summed E-state index contributed by atoms with van der Waals surface area (Å²) in [6.45, 7) is 0.401. The number of sulfonamides is 1. The van der Waals surface area contributed by atoms with Crippen LogP contribution in [0.15, 0.2) is 59.5 Å². The first-order valence-electron chi connectivity index (χ1n) is 8.60. The molecule has 1 atom stereocenters. The Labute approximate surface area is 157 Å². The second kappa shape index (κ2) is 7.79. The Hall–Kier alpha value is -2.87. The first-order valence-corrected chi connectivity index (χ1v) is 10.1. The van der Waals surface area contributed by atoms with Crippen LogP contribution in [0.1, 0.15) is 29.6 Å². The Kier molecular flexibility index (Phi) is 5.46. The Morgan fingerprint density at radius 3 is 2.30 bits per heavy atom. The molecule has 0 bridgehead atoms. The largest absolute Gasteiger partial charge is 0.480 e. The minimum atomic E-state index is -3.71. The molecule has 1 heterocycles. The zero-order valence-electron chi connectivity index (χ0n) is 14.5. The molecular formula is C19H20N2O5S. The van der Waals surface area contributed by atoms with E-state index in [-0.39, 0.29) is 10.8 Å². The summed E-state index contributed by atoms with van der Waals surface area (Å²) in [5, 5.41) is 9.31. The summed E-state index contributed by atoms with van der Waals surface area (Å²) in [5.41, 5.74) is 0.648. The van der Waals surface area contributed by atoms with E-state index in [1.165, 1.54) is 41.3 Å². The molecule has 0 saturated carbocycles. The van der Waals surface area contributed by atoms with Gasteiger partial charge in [0.15, 0.2) is 0 Å². The lowest BCUT2D eigenvalue weighted by Gasteiger charge is -2.33. The maximum atomic E-state index is 12.7. The van der Waals surface area contributed by atoms with Crippen LogP contribution in [0.3, 0.4) is 0 Å². The topological polar surface area (TPSA) is 104 Å². The second-order valence-electron chi connectivity index (χ2n) is 6.34. The van der Waals surface area contributed by atoms with Gasteiger partial charge in [-0.2, -0.15) is 0 Å². The lowest BCUT2D eigenvalue weighted by Crippen LogP contribution is -2.47. The number of rotatable bonds is 5. The highest BCUT2D eigenvalue weighted by Crippen LogP contribution is 2.22. The third kappa shape index (κ3) is 4.28. The molecule has 1 aliphatic heterocycles. The van der Waals surface area contributed by atoms with Crippen molar-refractivity contribution >= 4 is 27.6 Å². The number of nitrogens with zero attached hydrogens (tertiary/aromatic N) is 1. The molecule has 2 aromatic rings. The van der Waals surface area contributed by atoms with Gasteiger partial charge in [0.25, 0.3) is 15.9 Å². The number of aliphatic carboxylic acids is 1. The predicted octanol–water partition coefficient (Wildman–Crippen LogP) is 2.57. The van der Waals surface area contributed by atoms with Gasteiger partial charge in [-0.05, 0) is 55.7 Å². The van der Waals surface area contributed by atoms with Gasteiger partial charge in [-0.1, -0.05) is 18.2 Å². The van der Waals surface area contributed by atoms with Gasteiger partial charge in [-0.15, -0.1) is 0 Å². The molecule has 1 fully saturated rings. The van der Waals surface area contributed by atoms with Gasteiger partial charge in [0.05, 0.1) is 4.90 Å². The summed E-state index contributed by atoms with van der Waals surface area (Å²) in [6, 6.07) is 13.1. The first-order chi connectivity index (χ1) is 12.9. The number of benzene rings is 2. The molecule has 27 heavy (non-hydrogen) atoms.